The molecule has 0 unspecified atom stereocenters. The Labute approximate surface area is 179 Å². The normalized spacial score (nSPS) is 14.7. The largest absolute Gasteiger partial charge is 0.334 e. The Morgan fingerprint density at radius 2 is 1.33 bits per heavy atom. The predicted octanol–water partition coefficient (Wildman–Crippen LogP) is 4.61. The SMILES string of the molecule is Cc1ccc(CNC(=O)N2CCN(C(c3ccccc3)c3ccccc3)CC2)cc1. The molecule has 0 bridgehead atoms. The molecule has 0 saturated carbocycles. The summed E-state index contributed by atoms with van der Waals surface area (Å²) in [6.45, 7) is 5.81. The lowest BCUT2D eigenvalue weighted by molar-refractivity contribution is 0.120. The number of carbonyl (C=O) groups is 1. The lowest BCUT2D eigenvalue weighted by Crippen LogP contribution is -2.52. The Morgan fingerprint density at radius 3 is 1.87 bits per heavy atom. The fourth-order valence-electron chi connectivity index (χ4n) is 4.06. The van der Waals surface area contributed by atoms with E-state index < -0.39 is 0 Å². The van der Waals surface area contributed by atoms with Crippen LogP contribution in [0.4, 0.5) is 4.79 Å². The summed E-state index contributed by atoms with van der Waals surface area (Å²) in [4.78, 5) is 17.1. The van der Waals surface area contributed by atoms with E-state index >= 15 is 0 Å². The molecule has 1 heterocycles. The Hall–Kier alpha value is -3.11. The van der Waals surface area contributed by atoms with Gasteiger partial charge in [-0.2, -0.15) is 0 Å². The summed E-state index contributed by atoms with van der Waals surface area (Å²) >= 11 is 0. The number of hydrogen-bond donors (Lipinski definition) is 1. The number of amides is 2. The van der Waals surface area contributed by atoms with Gasteiger partial charge >= 0.3 is 6.03 Å². The molecule has 154 valence electrons. The number of rotatable bonds is 5. The standard InChI is InChI=1S/C26H29N3O/c1-21-12-14-22(15-13-21)20-27-26(30)29-18-16-28(17-19-29)25(23-8-4-2-5-9-23)24-10-6-3-7-11-24/h2-15,25H,16-20H2,1H3,(H,27,30). The Kier molecular flexibility index (Phi) is 6.45. The van der Waals surface area contributed by atoms with Crippen LogP contribution in [0.1, 0.15) is 28.3 Å². The van der Waals surface area contributed by atoms with E-state index in [4.69, 9.17) is 0 Å². The number of hydrogen-bond acceptors (Lipinski definition) is 2. The van der Waals surface area contributed by atoms with Crippen molar-refractivity contribution >= 4 is 6.03 Å². The van der Waals surface area contributed by atoms with Crippen LogP contribution in [-0.4, -0.2) is 42.0 Å². The van der Waals surface area contributed by atoms with Crippen molar-refractivity contribution in [3.8, 4) is 0 Å². The molecule has 3 aromatic carbocycles. The fourth-order valence-corrected chi connectivity index (χ4v) is 4.06. The van der Waals surface area contributed by atoms with Crippen LogP contribution in [0.25, 0.3) is 0 Å². The smallest absolute Gasteiger partial charge is 0.317 e. The van der Waals surface area contributed by atoms with Crippen LogP contribution in [0.5, 0.6) is 0 Å². The average molecular weight is 400 g/mol. The molecule has 2 amide bonds. The molecular formula is C26H29N3O. The fraction of sp³-hybridized carbons (Fsp3) is 0.269. The van der Waals surface area contributed by atoms with Gasteiger partial charge in [-0.1, -0.05) is 90.5 Å². The van der Waals surface area contributed by atoms with Crippen LogP contribution >= 0.6 is 0 Å². The number of carbonyl (C=O) groups excluding carboxylic acids is 1. The van der Waals surface area contributed by atoms with Crippen molar-refractivity contribution in [2.75, 3.05) is 26.2 Å². The molecule has 0 aliphatic carbocycles. The molecule has 1 fully saturated rings. The number of benzene rings is 3. The summed E-state index contributed by atoms with van der Waals surface area (Å²) in [6, 6.07) is 29.8. The quantitative estimate of drug-likeness (QED) is 0.680. The van der Waals surface area contributed by atoms with Gasteiger partial charge in [0.25, 0.3) is 0 Å². The molecule has 0 spiro atoms. The molecule has 1 aliphatic rings. The molecule has 0 atom stereocenters. The minimum Gasteiger partial charge on any atom is -0.334 e. The first kappa shape index (κ1) is 20.2. The Bertz CT molecular complexity index is 894. The highest BCUT2D eigenvalue weighted by atomic mass is 16.2. The third-order valence-electron chi connectivity index (χ3n) is 5.76. The highest BCUT2D eigenvalue weighted by molar-refractivity contribution is 5.74. The molecule has 1 aliphatic heterocycles. The van der Waals surface area contributed by atoms with E-state index in [1.165, 1.54) is 16.7 Å². The summed E-state index contributed by atoms with van der Waals surface area (Å²) in [6.07, 6.45) is 0. The number of nitrogens with one attached hydrogen (secondary N) is 1. The molecule has 0 radical (unpaired) electrons. The zero-order valence-corrected chi connectivity index (χ0v) is 17.5. The highest BCUT2D eigenvalue weighted by Crippen LogP contribution is 2.29. The Balaban J connectivity index is 1.38. The maximum Gasteiger partial charge on any atom is 0.317 e. The summed E-state index contributed by atoms with van der Waals surface area (Å²) in [5.41, 5.74) is 4.94. The van der Waals surface area contributed by atoms with E-state index in [0.29, 0.717) is 6.54 Å². The molecule has 4 nitrogen and oxygen atoms in total. The zero-order chi connectivity index (χ0) is 20.8. The monoisotopic (exact) mass is 399 g/mol. The Morgan fingerprint density at radius 1 is 0.800 bits per heavy atom. The van der Waals surface area contributed by atoms with Crippen LogP contribution in [0, 0.1) is 6.92 Å². The first-order chi connectivity index (χ1) is 14.7. The first-order valence-corrected chi connectivity index (χ1v) is 10.6. The van der Waals surface area contributed by atoms with Crippen LogP contribution in [0.2, 0.25) is 0 Å². The molecular weight excluding hydrogens is 370 g/mol. The minimum atomic E-state index is 0.0196. The number of piperazine rings is 1. The van der Waals surface area contributed by atoms with Crippen LogP contribution in [0.15, 0.2) is 84.9 Å². The van der Waals surface area contributed by atoms with Gasteiger partial charge in [0, 0.05) is 32.7 Å². The summed E-state index contributed by atoms with van der Waals surface area (Å²) < 4.78 is 0. The molecule has 3 aromatic rings. The summed E-state index contributed by atoms with van der Waals surface area (Å²) in [7, 11) is 0. The zero-order valence-electron chi connectivity index (χ0n) is 17.5. The van der Waals surface area contributed by atoms with Crippen molar-refractivity contribution in [2.45, 2.75) is 19.5 Å². The van der Waals surface area contributed by atoms with Crippen molar-refractivity contribution < 1.29 is 4.79 Å². The molecule has 4 rings (SSSR count). The van der Waals surface area contributed by atoms with Crippen molar-refractivity contribution in [3.05, 3.63) is 107 Å². The summed E-state index contributed by atoms with van der Waals surface area (Å²) in [5.74, 6) is 0. The molecule has 1 saturated heterocycles. The van der Waals surface area contributed by atoms with Crippen molar-refractivity contribution in [1.82, 2.24) is 15.1 Å². The average Bonchev–Trinajstić information content (AvgIpc) is 2.81. The van der Waals surface area contributed by atoms with Gasteiger partial charge in [-0.15, -0.1) is 0 Å². The van der Waals surface area contributed by atoms with Crippen LogP contribution in [-0.2, 0) is 6.54 Å². The van der Waals surface area contributed by atoms with E-state index in [1.807, 2.05) is 4.90 Å². The maximum atomic E-state index is 12.7. The van der Waals surface area contributed by atoms with Crippen LogP contribution in [0.3, 0.4) is 0 Å². The number of aryl methyl sites for hydroxylation is 1. The van der Waals surface area contributed by atoms with E-state index in [0.717, 1.165) is 31.7 Å². The maximum absolute atomic E-state index is 12.7. The van der Waals surface area contributed by atoms with E-state index in [9.17, 15) is 4.79 Å². The van der Waals surface area contributed by atoms with Crippen molar-refractivity contribution in [3.63, 3.8) is 0 Å². The van der Waals surface area contributed by atoms with E-state index in [2.05, 4.69) is 102 Å². The topological polar surface area (TPSA) is 35.6 Å². The lowest BCUT2D eigenvalue weighted by atomic mass is 9.96. The van der Waals surface area contributed by atoms with Gasteiger partial charge in [0.2, 0.25) is 0 Å². The first-order valence-electron chi connectivity index (χ1n) is 10.6. The lowest BCUT2D eigenvalue weighted by Gasteiger charge is -2.39. The predicted molar refractivity (Wildman–Crippen MR) is 121 cm³/mol. The summed E-state index contributed by atoms with van der Waals surface area (Å²) in [5, 5.41) is 3.06. The second kappa shape index (κ2) is 9.59. The van der Waals surface area contributed by atoms with Gasteiger partial charge in [0.15, 0.2) is 0 Å². The third kappa shape index (κ3) is 4.89. The van der Waals surface area contributed by atoms with Gasteiger partial charge in [-0.3, -0.25) is 4.90 Å². The second-order valence-electron chi connectivity index (χ2n) is 7.89. The van der Waals surface area contributed by atoms with Gasteiger partial charge < -0.3 is 10.2 Å². The van der Waals surface area contributed by atoms with Crippen molar-refractivity contribution in [2.24, 2.45) is 0 Å². The van der Waals surface area contributed by atoms with Gasteiger partial charge in [-0.25, -0.2) is 4.79 Å². The number of urea groups is 1. The van der Waals surface area contributed by atoms with Crippen LogP contribution < -0.4 is 5.32 Å². The highest BCUT2D eigenvalue weighted by Gasteiger charge is 2.27. The number of nitrogens with zero attached hydrogens (tertiary/aromatic N) is 2. The van der Waals surface area contributed by atoms with Crippen molar-refractivity contribution in [1.29, 1.82) is 0 Å². The van der Waals surface area contributed by atoms with Gasteiger partial charge in [0.1, 0.15) is 0 Å². The van der Waals surface area contributed by atoms with Gasteiger partial charge in [-0.05, 0) is 23.6 Å². The van der Waals surface area contributed by atoms with Gasteiger partial charge in [0.05, 0.1) is 6.04 Å². The molecule has 4 heteroatoms. The minimum absolute atomic E-state index is 0.0196. The van der Waals surface area contributed by atoms with E-state index in [1.54, 1.807) is 0 Å². The molecule has 30 heavy (non-hydrogen) atoms. The van der Waals surface area contributed by atoms with E-state index in [-0.39, 0.29) is 12.1 Å². The molecule has 1 N–H and O–H groups in total. The second-order valence-corrected chi connectivity index (χ2v) is 7.89. The third-order valence-corrected chi connectivity index (χ3v) is 5.76. The molecule has 0 aromatic heterocycles.